The zero-order valence-corrected chi connectivity index (χ0v) is 8.87. The number of nitrogens with zero attached hydrogens (tertiary/aromatic N) is 1. The molecule has 1 rings (SSSR count). The third-order valence-electron chi connectivity index (χ3n) is 1.97. The quantitative estimate of drug-likeness (QED) is 0.795. The molecular weight excluding hydrogens is 176 g/mol. The second-order valence-electron chi connectivity index (χ2n) is 3.35. The van der Waals surface area contributed by atoms with Crippen molar-refractivity contribution in [2.75, 3.05) is 24.3 Å². The van der Waals surface area contributed by atoms with Crippen molar-refractivity contribution in [3.05, 3.63) is 24.3 Å². The Morgan fingerprint density at radius 3 is 2.71 bits per heavy atom. The van der Waals surface area contributed by atoms with Gasteiger partial charge in [-0.1, -0.05) is 13.0 Å². The summed E-state index contributed by atoms with van der Waals surface area (Å²) in [7, 11) is 3.95. The van der Waals surface area contributed by atoms with Gasteiger partial charge in [0.1, 0.15) is 0 Å². The molecule has 0 unspecified atom stereocenters. The van der Waals surface area contributed by atoms with E-state index >= 15 is 0 Å². The van der Waals surface area contributed by atoms with Crippen molar-refractivity contribution in [2.24, 2.45) is 0 Å². The Balaban J connectivity index is 2.78. The van der Waals surface area contributed by atoms with Gasteiger partial charge in [0, 0.05) is 31.9 Å². The van der Waals surface area contributed by atoms with Crippen molar-refractivity contribution in [1.82, 2.24) is 0 Å². The van der Waals surface area contributed by atoms with Crippen molar-refractivity contribution in [3.8, 4) is 0 Å². The Kier molecular flexibility index (Phi) is 3.51. The van der Waals surface area contributed by atoms with Gasteiger partial charge in [-0.2, -0.15) is 0 Å². The molecule has 0 aliphatic carbocycles. The number of carbonyl (C=O) groups is 1. The van der Waals surface area contributed by atoms with Gasteiger partial charge in [0.2, 0.25) is 5.91 Å². The number of hydrogen-bond acceptors (Lipinski definition) is 2. The fraction of sp³-hybridized carbons (Fsp3) is 0.364. The van der Waals surface area contributed by atoms with Gasteiger partial charge in [0.15, 0.2) is 0 Å². The second-order valence-corrected chi connectivity index (χ2v) is 3.35. The van der Waals surface area contributed by atoms with E-state index in [0.717, 1.165) is 11.4 Å². The molecule has 0 aromatic heterocycles. The Morgan fingerprint density at radius 2 is 2.14 bits per heavy atom. The molecule has 0 aliphatic rings. The maximum Gasteiger partial charge on any atom is 0.224 e. The summed E-state index contributed by atoms with van der Waals surface area (Å²) in [5.41, 5.74) is 1.93. The lowest BCUT2D eigenvalue weighted by Gasteiger charge is -2.13. The van der Waals surface area contributed by atoms with Crippen LogP contribution in [-0.4, -0.2) is 20.0 Å². The molecule has 1 amide bonds. The monoisotopic (exact) mass is 192 g/mol. The lowest BCUT2D eigenvalue weighted by molar-refractivity contribution is -0.115. The predicted molar refractivity (Wildman–Crippen MR) is 59.7 cm³/mol. The molecule has 1 aromatic rings. The Labute approximate surface area is 84.7 Å². The highest BCUT2D eigenvalue weighted by Gasteiger charge is 2.00. The zero-order valence-electron chi connectivity index (χ0n) is 8.87. The van der Waals surface area contributed by atoms with E-state index in [9.17, 15) is 4.79 Å². The van der Waals surface area contributed by atoms with Crippen molar-refractivity contribution >= 4 is 17.3 Å². The molecule has 0 saturated heterocycles. The number of nitrogens with one attached hydrogen (secondary N) is 1. The van der Waals surface area contributed by atoms with Crippen LogP contribution in [0.4, 0.5) is 11.4 Å². The number of amides is 1. The van der Waals surface area contributed by atoms with E-state index in [1.165, 1.54) is 0 Å². The third kappa shape index (κ3) is 2.76. The summed E-state index contributed by atoms with van der Waals surface area (Å²) in [6.07, 6.45) is 0.506. The topological polar surface area (TPSA) is 32.3 Å². The molecule has 0 radical (unpaired) electrons. The SMILES string of the molecule is CCC(=O)Nc1cccc(N(C)C)c1. The highest BCUT2D eigenvalue weighted by Crippen LogP contribution is 2.17. The van der Waals surface area contributed by atoms with Crippen LogP contribution in [0.5, 0.6) is 0 Å². The highest BCUT2D eigenvalue weighted by atomic mass is 16.1. The van der Waals surface area contributed by atoms with Gasteiger partial charge in [-0.15, -0.1) is 0 Å². The first kappa shape index (κ1) is 10.6. The number of hydrogen-bond donors (Lipinski definition) is 1. The van der Waals surface area contributed by atoms with Gasteiger partial charge in [-0.05, 0) is 18.2 Å². The van der Waals surface area contributed by atoms with Gasteiger partial charge < -0.3 is 10.2 Å². The molecular formula is C11H16N2O. The lowest BCUT2D eigenvalue weighted by atomic mass is 10.2. The number of rotatable bonds is 3. The Bertz CT molecular complexity index is 321. The summed E-state index contributed by atoms with van der Waals surface area (Å²) in [4.78, 5) is 13.1. The molecule has 1 N–H and O–H groups in total. The van der Waals surface area contributed by atoms with E-state index in [0.29, 0.717) is 6.42 Å². The van der Waals surface area contributed by atoms with Crippen LogP contribution < -0.4 is 10.2 Å². The molecule has 0 fully saturated rings. The molecule has 3 heteroatoms. The van der Waals surface area contributed by atoms with Crippen LogP contribution in [0.1, 0.15) is 13.3 Å². The molecule has 0 saturated carbocycles. The summed E-state index contributed by atoms with van der Waals surface area (Å²) in [6, 6.07) is 7.77. The number of carbonyl (C=O) groups excluding carboxylic acids is 1. The standard InChI is InChI=1S/C11H16N2O/c1-4-11(14)12-9-6-5-7-10(8-9)13(2)3/h5-8H,4H2,1-3H3,(H,12,14). The fourth-order valence-electron chi connectivity index (χ4n) is 1.11. The first-order valence-corrected chi connectivity index (χ1v) is 4.70. The minimum atomic E-state index is 0.0425. The predicted octanol–water partition coefficient (Wildman–Crippen LogP) is 2.10. The zero-order chi connectivity index (χ0) is 10.6. The molecule has 1 aromatic carbocycles. The van der Waals surface area contributed by atoms with Crippen LogP contribution in [-0.2, 0) is 4.79 Å². The average Bonchev–Trinajstić information content (AvgIpc) is 2.18. The van der Waals surface area contributed by atoms with Crippen molar-refractivity contribution in [2.45, 2.75) is 13.3 Å². The summed E-state index contributed by atoms with van der Waals surface area (Å²) >= 11 is 0. The maximum absolute atomic E-state index is 11.1. The van der Waals surface area contributed by atoms with E-state index in [1.807, 2.05) is 50.2 Å². The first-order valence-electron chi connectivity index (χ1n) is 4.70. The fourth-order valence-corrected chi connectivity index (χ4v) is 1.11. The molecule has 0 aliphatic heterocycles. The smallest absolute Gasteiger partial charge is 0.224 e. The maximum atomic E-state index is 11.1. The summed E-state index contributed by atoms with van der Waals surface area (Å²) in [6.45, 7) is 1.84. The van der Waals surface area contributed by atoms with E-state index in [2.05, 4.69) is 5.32 Å². The van der Waals surface area contributed by atoms with E-state index in [1.54, 1.807) is 0 Å². The van der Waals surface area contributed by atoms with Crippen LogP contribution >= 0.6 is 0 Å². The highest BCUT2D eigenvalue weighted by molar-refractivity contribution is 5.90. The van der Waals surface area contributed by atoms with Gasteiger partial charge in [0.05, 0.1) is 0 Å². The largest absolute Gasteiger partial charge is 0.378 e. The average molecular weight is 192 g/mol. The third-order valence-corrected chi connectivity index (χ3v) is 1.97. The lowest BCUT2D eigenvalue weighted by Crippen LogP contribution is -2.11. The second kappa shape index (κ2) is 4.65. The van der Waals surface area contributed by atoms with Crippen molar-refractivity contribution < 1.29 is 4.79 Å². The molecule has 0 spiro atoms. The van der Waals surface area contributed by atoms with Crippen LogP contribution in [0, 0.1) is 0 Å². The molecule has 14 heavy (non-hydrogen) atoms. The van der Waals surface area contributed by atoms with Crippen LogP contribution in [0.15, 0.2) is 24.3 Å². The van der Waals surface area contributed by atoms with E-state index in [4.69, 9.17) is 0 Å². The van der Waals surface area contributed by atoms with E-state index < -0.39 is 0 Å². The molecule has 0 heterocycles. The van der Waals surface area contributed by atoms with Crippen LogP contribution in [0.2, 0.25) is 0 Å². The van der Waals surface area contributed by atoms with Crippen LogP contribution in [0.25, 0.3) is 0 Å². The van der Waals surface area contributed by atoms with Crippen LogP contribution in [0.3, 0.4) is 0 Å². The Hall–Kier alpha value is -1.51. The minimum Gasteiger partial charge on any atom is -0.378 e. The number of anilines is 2. The molecule has 0 atom stereocenters. The van der Waals surface area contributed by atoms with Gasteiger partial charge in [0.25, 0.3) is 0 Å². The summed E-state index contributed by atoms with van der Waals surface area (Å²) in [5, 5.41) is 2.82. The minimum absolute atomic E-state index is 0.0425. The first-order chi connectivity index (χ1) is 6.63. The Morgan fingerprint density at radius 1 is 1.43 bits per heavy atom. The van der Waals surface area contributed by atoms with Gasteiger partial charge in [-0.25, -0.2) is 0 Å². The molecule has 3 nitrogen and oxygen atoms in total. The molecule has 76 valence electrons. The van der Waals surface area contributed by atoms with Crippen molar-refractivity contribution in [3.63, 3.8) is 0 Å². The normalized spacial score (nSPS) is 9.64. The van der Waals surface area contributed by atoms with Crippen molar-refractivity contribution in [1.29, 1.82) is 0 Å². The van der Waals surface area contributed by atoms with Gasteiger partial charge in [-0.3, -0.25) is 4.79 Å². The van der Waals surface area contributed by atoms with Gasteiger partial charge >= 0.3 is 0 Å². The number of benzene rings is 1. The summed E-state index contributed by atoms with van der Waals surface area (Å²) in [5.74, 6) is 0.0425. The van der Waals surface area contributed by atoms with E-state index in [-0.39, 0.29) is 5.91 Å². The molecule has 0 bridgehead atoms. The summed E-state index contributed by atoms with van der Waals surface area (Å²) < 4.78 is 0.